The summed E-state index contributed by atoms with van der Waals surface area (Å²) in [7, 11) is 1.66. The fraction of sp³-hybridized carbons (Fsp3) is 0.417. The Hall–Kier alpha value is -3.06. The van der Waals surface area contributed by atoms with Crippen molar-refractivity contribution in [1.29, 1.82) is 0 Å². The molecule has 2 aromatic carbocycles. The van der Waals surface area contributed by atoms with Crippen molar-refractivity contribution in [2.45, 2.75) is 31.7 Å². The van der Waals surface area contributed by atoms with Gasteiger partial charge in [-0.2, -0.15) is 0 Å². The molecule has 2 heterocycles. The van der Waals surface area contributed by atoms with Gasteiger partial charge in [-0.1, -0.05) is 18.2 Å². The first kappa shape index (κ1) is 21.2. The zero-order chi connectivity index (χ0) is 21.6. The molecule has 2 aliphatic rings. The highest BCUT2D eigenvalue weighted by atomic mass is 16.5. The number of benzene rings is 2. The zero-order valence-electron chi connectivity index (χ0n) is 18.0. The predicted molar refractivity (Wildman–Crippen MR) is 122 cm³/mol. The van der Waals surface area contributed by atoms with E-state index in [9.17, 15) is 9.59 Å². The van der Waals surface area contributed by atoms with Crippen LogP contribution in [0.15, 0.2) is 48.5 Å². The smallest absolute Gasteiger partial charge is 0.319 e. The van der Waals surface area contributed by atoms with Gasteiger partial charge in [0.15, 0.2) is 0 Å². The summed E-state index contributed by atoms with van der Waals surface area (Å²) < 4.78 is 5.32. The van der Waals surface area contributed by atoms with Crippen LogP contribution in [-0.4, -0.2) is 56.2 Å². The standard InChI is InChI=1S/C24H30N4O3/c1-31-21-9-10-22-18(16-21)6-5-13-28(22)23(29)17-27-14-11-20(12-15-27)26-24(30)25-19-7-3-2-4-8-19/h2-4,7-10,16,20H,5-6,11-15,17H2,1H3,(H2,25,26,30). The summed E-state index contributed by atoms with van der Waals surface area (Å²) in [6.07, 6.45) is 3.61. The van der Waals surface area contributed by atoms with Crippen molar-refractivity contribution in [1.82, 2.24) is 10.2 Å². The topological polar surface area (TPSA) is 73.9 Å². The van der Waals surface area contributed by atoms with E-state index >= 15 is 0 Å². The molecule has 0 radical (unpaired) electrons. The van der Waals surface area contributed by atoms with Gasteiger partial charge in [0.25, 0.3) is 0 Å². The maximum Gasteiger partial charge on any atom is 0.319 e. The Balaban J connectivity index is 1.26. The minimum absolute atomic E-state index is 0.123. The number of urea groups is 1. The van der Waals surface area contributed by atoms with E-state index in [4.69, 9.17) is 4.74 Å². The lowest BCUT2D eigenvalue weighted by atomic mass is 10.0. The van der Waals surface area contributed by atoms with Gasteiger partial charge in [0.1, 0.15) is 5.75 Å². The molecule has 0 bridgehead atoms. The molecule has 1 fully saturated rings. The highest BCUT2D eigenvalue weighted by Crippen LogP contribution is 2.30. The number of carbonyl (C=O) groups is 2. The Morgan fingerprint density at radius 3 is 2.58 bits per heavy atom. The molecule has 2 aliphatic heterocycles. The third-order valence-electron chi connectivity index (χ3n) is 6.02. The number of ether oxygens (including phenoxy) is 1. The van der Waals surface area contributed by atoms with E-state index in [1.54, 1.807) is 7.11 Å². The number of methoxy groups -OCH3 is 1. The molecule has 0 unspecified atom stereocenters. The summed E-state index contributed by atoms with van der Waals surface area (Å²) in [4.78, 5) is 29.3. The molecule has 31 heavy (non-hydrogen) atoms. The van der Waals surface area contributed by atoms with Crippen molar-refractivity contribution in [2.24, 2.45) is 0 Å². The zero-order valence-corrected chi connectivity index (χ0v) is 18.0. The summed E-state index contributed by atoms with van der Waals surface area (Å²) in [5.41, 5.74) is 2.96. The Labute approximate surface area is 183 Å². The highest BCUT2D eigenvalue weighted by molar-refractivity contribution is 5.96. The van der Waals surface area contributed by atoms with Gasteiger partial charge in [0.05, 0.1) is 13.7 Å². The van der Waals surface area contributed by atoms with Gasteiger partial charge in [-0.05, 0) is 61.6 Å². The van der Waals surface area contributed by atoms with Gasteiger partial charge in [0.2, 0.25) is 5.91 Å². The van der Waals surface area contributed by atoms with Crippen LogP contribution in [0, 0.1) is 0 Å². The quantitative estimate of drug-likeness (QED) is 0.776. The van der Waals surface area contributed by atoms with E-state index in [1.165, 1.54) is 5.56 Å². The molecule has 0 aliphatic carbocycles. The molecule has 2 N–H and O–H groups in total. The molecule has 0 saturated carbocycles. The summed E-state index contributed by atoms with van der Waals surface area (Å²) >= 11 is 0. The van der Waals surface area contributed by atoms with Crippen LogP contribution in [0.4, 0.5) is 16.2 Å². The van der Waals surface area contributed by atoms with E-state index in [0.29, 0.717) is 6.54 Å². The van der Waals surface area contributed by atoms with Crippen LogP contribution in [0.3, 0.4) is 0 Å². The van der Waals surface area contributed by atoms with Crippen LogP contribution in [0.2, 0.25) is 0 Å². The first-order valence-electron chi connectivity index (χ1n) is 10.9. The molecular formula is C24H30N4O3. The highest BCUT2D eigenvalue weighted by Gasteiger charge is 2.27. The maximum absolute atomic E-state index is 13.0. The lowest BCUT2D eigenvalue weighted by molar-refractivity contribution is -0.120. The summed E-state index contributed by atoms with van der Waals surface area (Å²) in [6.45, 7) is 2.76. The first-order valence-corrected chi connectivity index (χ1v) is 10.9. The van der Waals surface area contributed by atoms with E-state index < -0.39 is 0 Å². The monoisotopic (exact) mass is 422 g/mol. The van der Waals surface area contributed by atoms with Crippen LogP contribution in [0.5, 0.6) is 5.75 Å². The molecule has 164 valence electrons. The van der Waals surface area contributed by atoms with E-state index in [1.807, 2.05) is 53.4 Å². The van der Waals surface area contributed by atoms with Crippen LogP contribution in [0.1, 0.15) is 24.8 Å². The Bertz CT molecular complexity index is 910. The van der Waals surface area contributed by atoms with Crippen LogP contribution < -0.4 is 20.3 Å². The number of hydrogen-bond acceptors (Lipinski definition) is 4. The number of fused-ring (bicyclic) bond motifs is 1. The SMILES string of the molecule is COc1ccc2c(c1)CCCN2C(=O)CN1CCC(NC(=O)Nc2ccccc2)CC1. The van der Waals surface area contributed by atoms with Gasteiger partial charge in [-0.25, -0.2) is 4.79 Å². The average Bonchev–Trinajstić information content (AvgIpc) is 2.80. The fourth-order valence-corrected chi connectivity index (χ4v) is 4.35. The molecule has 7 nitrogen and oxygen atoms in total. The normalized spacial score (nSPS) is 17.0. The second-order valence-corrected chi connectivity index (χ2v) is 8.16. The second-order valence-electron chi connectivity index (χ2n) is 8.16. The molecule has 0 spiro atoms. The lowest BCUT2D eigenvalue weighted by Gasteiger charge is -2.35. The number of carbonyl (C=O) groups excluding carboxylic acids is 2. The van der Waals surface area contributed by atoms with Gasteiger partial charge < -0.3 is 20.3 Å². The number of piperidine rings is 1. The Kier molecular flexibility index (Phi) is 6.72. The number of likely N-dealkylation sites (tertiary alicyclic amines) is 1. The molecule has 4 rings (SSSR count). The molecule has 3 amide bonds. The summed E-state index contributed by atoms with van der Waals surface area (Å²) in [6, 6.07) is 15.3. The van der Waals surface area contributed by atoms with Crippen molar-refractivity contribution in [3.05, 3.63) is 54.1 Å². The minimum Gasteiger partial charge on any atom is -0.497 e. The van der Waals surface area contributed by atoms with Gasteiger partial charge >= 0.3 is 6.03 Å². The first-order chi connectivity index (χ1) is 15.1. The van der Waals surface area contributed by atoms with Crippen LogP contribution in [0.25, 0.3) is 0 Å². The van der Waals surface area contributed by atoms with E-state index in [0.717, 1.165) is 62.4 Å². The number of aryl methyl sites for hydroxylation is 1. The molecule has 0 atom stereocenters. The number of anilines is 2. The predicted octanol–water partition coefficient (Wildman–Crippen LogP) is 3.26. The van der Waals surface area contributed by atoms with Crippen molar-refractivity contribution in [2.75, 3.05) is 43.5 Å². The molecule has 0 aromatic heterocycles. The maximum atomic E-state index is 13.0. The number of rotatable bonds is 5. The third kappa shape index (κ3) is 5.35. The molecule has 2 aromatic rings. The number of hydrogen-bond donors (Lipinski definition) is 2. The second kappa shape index (κ2) is 9.83. The van der Waals surface area contributed by atoms with Crippen molar-refractivity contribution < 1.29 is 14.3 Å². The average molecular weight is 423 g/mol. The van der Waals surface area contributed by atoms with Gasteiger partial charge in [0, 0.05) is 37.1 Å². The fourth-order valence-electron chi connectivity index (χ4n) is 4.35. The Morgan fingerprint density at radius 1 is 1.06 bits per heavy atom. The van der Waals surface area contributed by atoms with Crippen molar-refractivity contribution >= 4 is 23.3 Å². The number of amides is 3. The number of para-hydroxylation sites is 1. The number of nitrogens with zero attached hydrogens (tertiary/aromatic N) is 2. The van der Waals surface area contributed by atoms with Gasteiger partial charge in [-0.15, -0.1) is 0 Å². The van der Waals surface area contributed by atoms with E-state index in [2.05, 4.69) is 15.5 Å². The summed E-state index contributed by atoms with van der Waals surface area (Å²) in [5, 5.41) is 5.90. The largest absolute Gasteiger partial charge is 0.497 e. The van der Waals surface area contributed by atoms with Crippen molar-refractivity contribution in [3.63, 3.8) is 0 Å². The number of nitrogens with one attached hydrogen (secondary N) is 2. The van der Waals surface area contributed by atoms with Crippen molar-refractivity contribution in [3.8, 4) is 5.75 Å². The summed E-state index contributed by atoms with van der Waals surface area (Å²) in [5.74, 6) is 0.971. The molecule has 7 heteroatoms. The lowest BCUT2D eigenvalue weighted by Crippen LogP contribution is -2.49. The third-order valence-corrected chi connectivity index (χ3v) is 6.02. The van der Waals surface area contributed by atoms with Gasteiger partial charge in [-0.3, -0.25) is 9.69 Å². The minimum atomic E-state index is -0.180. The van der Waals surface area contributed by atoms with Crippen LogP contribution in [-0.2, 0) is 11.2 Å². The molecule has 1 saturated heterocycles. The Morgan fingerprint density at radius 2 is 1.84 bits per heavy atom. The molecular weight excluding hydrogens is 392 g/mol. The van der Waals surface area contributed by atoms with Crippen LogP contribution >= 0.6 is 0 Å². The van der Waals surface area contributed by atoms with E-state index in [-0.39, 0.29) is 18.0 Å².